The zero-order valence-corrected chi connectivity index (χ0v) is 19.0. The van der Waals surface area contributed by atoms with Gasteiger partial charge < -0.3 is 14.8 Å². The number of anilines is 1. The Morgan fingerprint density at radius 1 is 1.12 bits per heavy atom. The van der Waals surface area contributed by atoms with Crippen molar-refractivity contribution in [1.29, 1.82) is 0 Å². The molecule has 0 bridgehead atoms. The number of carbonyl (C=O) groups is 1. The second-order valence-corrected chi connectivity index (χ2v) is 9.81. The first-order chi connectivity index (χ1) is 15.5. The van der Waals surface area contributed by atoms with E-state index in [1.165, 1.54) is 41.1 Å². The third-order valence-corrected chi connectivity index (χ3v) is 7.78. The van der Waals surface area contributed by atoms with Crippen LogP contribution in [0.25, 0.3) is 6.08 Å². The van der Waals surface area contributed by atoms with Crippen LogP contribution in [0.15, 0.2) is 47.4 Å². The number of hydrogen-bond acceptors (Lipinski definition) is 5. The van der Waals surface area contributed by atoms with Gasteiger partial charge in [0.1, 0.15) is 10.6 Å². The summed E-state index contributed by atoms with van der Waals surface area (Å²) >= 11 is 0. The van der Waals surface area contributed by atoms with Crippen molar-refractivity contribution in [2.45, 2.75) is 30.6 Å². The van der Waals surface area contributed by atoms with Gasteiger partial charge in [-0.2, -0.15) is 4.31 Å². The number of methoxy groups -OCH3 is 1. The largest absolute Gasteiger partial charge is 0.495 e. The summed E-state index contributed by atoms with van der Waals surface area (Å²) in [6.07, 6.45) is 7.36. The standard InChI is InChI=1S/C24H28N2O5S/c1-30-22-11-9-18(17-23(22)32(28,29)26-13-15-31-16-14-26)10-12-24(27)25-21-8-4-6-19-5-2-3-7-20(19)21/h4,6,8-12,17H,2-3,5,7,13-16H2,1H3,(H,25,27)/b12-10+. The molecule has 0 atom stereocenters. The molecule has 7 nitrogen and oxygen atoms in total. The van der Waals surface area contributed by atoms with Gasteiger partial charge in [-0.1, -0.05) is 18.2 Å². The molecule has 0 saturated carbocycles. The minimum Gasteiger partial charge on any atom is -0.495 e. The van der Waals surface area contributed by atoms with Gasteiger partial charge in [-0.3, -0.25) is 4.79 Å². The highest BCUT2D eigenvalue weighted by Gasteiger charge is 2.29. The van der Waals surface area contributed by atoms with Gasteiger partial charge in [-0.25, -0.2) is 8.42 Å². The van der Waals surface area contributed by atoms with E-state index >= 15 is 0 Å². The summed E-state index contributed by atoms with van der Waals surface area (Å²) in [5, 5.41) is 2.97. The smallest absolute Gasteiger partial charge is 0.248 e. The number of benzene rings is 2. The molecule has 1 saturated heterocycles. The number of nitrogens with one attached hydrogen (secondary N) is 1. The van der Waals surface area contributed by atoms with Crippen LogP contribution in [0, 0.1) is 0 Å². The Morgan fingerprint density at radius 2 is 1.91 bits per heavy atom. The van der Waals surface area contributed by atoms with Crippen LogP contribution < -0.4 is 10.1 Å². The van der Waals surface area contributed by atoms with Crippen LogP contribution in [-0.2, 0) is 32.4 Å². The zero-order valence-electron chi connectivity index (χ0n) is 18.2. The second kappa shape index (κ2) is 9.85. The molecule has 0 radical (unpaired) electrons. The van der Waals surface area contributed by atoms with Crippen LogP contribution in [0.3, 0.4) is 0 Å². The Labute approximate surface area is 189 Å². The number of amides is 1. The van der Waals surface area contributed by atoms with E-state index in [4.69, 9.17) is 9.47 Å². The highest BCUT2D eigenvalue weighted by molar-refractivity contribution is 7.89. The monoisotopic (exact) mass is 456 g/mol. The molecule has 0 unspecified atom stereocenters. The summed E-state index contributed by atoms with van der Waals surface area (Å²) < 4.78 is 38.2. The lowest BCUT2D eigenvalue weighted by molar-refractivity contribution is -0.111. The number of rotatable bonds is 6. The van der Waals surface area contributed by atoms with Crippen LogP contribution in [0.1, 0.15) is 29.5 Å². The van der Waals surface area contributed by atoms with E-state index in [1.807, 2.05) is 12.1 Å². The highest BCUT2D eigenvalue weighted by Crippen LogP contribution is 2.30. The molecule has 32 heavy (non-hydrogen) atoms. The van der Waals surface area contributed by atoms with Crippen LogP contribution in [0.2, 0.25) is 0 Å². The summed E-state index contributed by atoms with van der Waals surface area (Å²) in [6.45, 7) is 1.33. The predicted octanol–water partition coefficient (Wildman–Crippen LogP) is 3.25. The Hall–Kier alpha value is -2.68. The van der Waals surface area contributed by atoms with E-state index in [-0.39, 0.29) is 16.6 Å². The topological polar surface area (TPSA) is 84.9 Å². The molecule has 4 rings (SSSR count). The molecule has 1 N–H and O–H groups in total. The van der Waals surface area contributed by atoms with Crippen molar-refractivity contribution in [2.24, 2.45) is 0 Å². The molecular formula is C24H28N2O5S. The molecule has 1 aliphatic heterocycles. The number of carbonyl (C=O) groups excluding carboxylic acids is 1. The Bertz CT molecular complexity index is 1120. The first-order valence-corrected chi connectivity index (χ1v) is 12.3. The zero-order chi connectivity index (χ0) is 22.6. The quantitative estimate of drug-likeness (QED) is 0.675. The van der Waals surface area contributed by atoms with Gasteiger partial charge in [0.25, 0.3) is 0 Å². The Kier molecular flexibility index (Phi) is 6.93. The molecule has 2 aromatic carbocycles. The third kappa shape index (κ3) is 4.87. The number of sulfonamides is 1. The molecule has 8 heteroatoms. The lowest BCUT2D eigenvalue weighted by atomic mass is 9.90. The Balaban J connectivity index is 1.53. The summed E-state index contributed by atoms with van der Waals surface area (Å²) in [6, 6.07) is 10.9. The maximum atomic E-state index is 13.1. The molecule has 1 aliphatic carbocycles. The SMILES string of the molecule is COc1ccc(/C=C/C(=O)Nc2cccc3c2CCCC3)cc1S(=O)(=O)N1CCOCC1. The normalized spacial score (nSPS) is 17.2. The van der Waals surface area contributed by atoms with Crippen LogP contribution in [0.5, 0.6) is 5.75 Å². The fourth-order valence-electron chi connectivity index (χ4n) is 4.17. The van der Waals surface area contributed by atoms with E-state index in [1.54, 1.807) is 18.2 Å². The van der Waals surface area contributed by atoms with Crippen LogP contribution >= 0.6 is 0 Å². The highest BCUT2D eigenvalue weighted by atomic mass is 32.2. The Morgan fingerprint density at radius 3 is 2.69 bits per heavy atom. The molecule has 1 amide bonds. The minimum atomic E-state index is -3.73. The average molecular weight is 457 g/mol. The molecular weight excluding hydrogens is 428 g/mol. The van der Waals surface area contributed by atoms with E-state index in [0.717, 1.165) is 24.9 Å². The van der Waals surface area contributed by atoms with E-state index in [9.17, 15) is 13.2 Å². The van der Waals surface area contributed by atoms with Gasteiger partial charge in [0.05, 0.1) is 20.3 Å². The molecule has 1 fully saturated rings. The third-order valence-electron chi connectivity index (χ3n) is 5.86. The van der Waals surface area contributed by atoms with Crippen LogP contribution in [-0.4, -0.2) is 52.0 Å². The molecule has 170 valence electrons. The van der Waals surface area contributed by atoms with Gasteiger partial charge in [0.2, 0.25) is 15.9 Å². The molecule has 2 aromatic rings. The first-order valence-electron chi connectivity index (χ1n) is 10.8. The number of nitrogens with zero attached hydrogens (tertiary/aromatic N) is 1. The number of ether oxygens (including phenoxy) is 2. The molecule has 0 aromatic heterocycles. The lowest BCUT2D eigenvalue weighted by Crippen LogP contribution is -2.40. The lowest BCUT2D eigenvalue weighted by Gasteiger charge is -2.26. The van der Waals surface area contributed by atoms with E-state index < -0.39 is 10.0 Å². The first kappa shape index (κ1) is 22.5. The number of morpholine rings is 1. The van der Waals surface area contributed by atoms with Crippen molar-refractivity contribution in [3.8, 4) is 5.75 Å². The van der Waals surface area contributed by atoms with Crippen molar-refractivity contribution < 1.29 is 22.7 Å². The van der Waals surface area contributed by atoms with Crippen molar-refractivity contribution in [3.05, 3.63) is 59.2 Å². The van der Waals surface area contributed by atoms with Gasteiger partial charge >= 0.3 is 0 Å². The van der Waals surface area contributed by atoms with Crippen molar-refractivity contribution >= 4 is 27.7 Å². The predicted molar refractivity (Wildman–Crippen MR) is 123 cm³/mol. The molecule has 0 spiro atoms. The van der Waals surface area contributed by atoms with Gasteiger partial charge in [-0.15, -0.1) is 0 Å². The van der Waals surface area contributed by atoms with Gasteiger partial charge in [-0.05, 0) is 66.6 Å². The summed E-state index contributed by atoms with van der Waals surface area (Å²) in [4.78, 5) is 12.6. The number of hydrogen-bond donors (Lipinski definition) is 1. The average Bonchev–Trinajstić information content (AvgIpc) is 2.83. The van der Waals surface area contributed by atoms with Crippen molar-refractivity contribution in [1.82, 2.24) is 4.31 Å². The maximum Gasteiger partial charge on any atom is 0.248 e. The van der Waals surface area contributed by atoms with Crippen molar-refractivity contribution in [3.63, 3.8) is 0 Å². The fraction of sp³-hybridized carbons (Fsp3) is 0.375. The summed E-state index contributed by atoms with van der Waals surface area (Å²) in [5.74, 6) is 0.0198. The molecule has 2 aliphatic rings. The fourth-order valence-corrected chi connectivity index (χ4v) is 5.77. The summed E-state index contributed by atoms with van der Waals surface area (Å²) in [7, 11) is -2.29. The summed E-state index contributed by atoms with van der Waals surface area (Å²) in [5.41, 5.74) is 3.96. The van der Waals surface area contributed by atoms with Gasteiger partial charge in [0.15, 0.2) is 0 Å². The number of aryl methyl sites for hydroxylation is 1. The van der Waals surface area contributed by atoms with E-state index in [0.29, 0.717) is 31.9 Å². The van der Waals surface area contributed by atoms with E-state index in [2.05, 4.69) is 11.4 Å². The maximum absolute atomic E-state index is 13.1. The van der Waals surface area contributed by atoms with Gasteiger partial charge in [0, 0.05) is 24.9 Å². The van der Waals surface area contributed by atoms with Crippen molar-refractivity contribution in [2.75, 3.05) is 38.7 Å². The van der Waals surface area contributed by atoms with Crippen LogP contribution in [0.4, 0.5) is 5.69 Å². The molecule has 1 heterocycles. The minimum absolute atomic E-state index is 0.0848. The number of fused-ring (bicyclic) bond motifs is 1. The second-order valence-electron chi connectivity index (χ2n) is 7.90.